The van der Waals surface area contributed by atoms with Crippen LogP contribution in [0.5, 0.6) is 0 Å². The molecule has 0 bridgehead atoms. The zero-order chi connectivity index (χ0) is 32.0. The number of hydrogen-bond donors (Lipinski definition) is 2. The fourth-order valence-electron chi connectivity index (χ4n) is 5.11. The van der Waals surface area contributed by atoms with Crippen molar-refractivity contribution in [1.82, 2.24) is 0 Å². The number of phosphoric ester groups is 1. The predicted octanol–water partition coefficient (Wildman–Crippen LogP) is 9.98. The van der Waals surface area contributed by atoms with Gasteiger partial charge in [-0.15, -0.1) is 0 Å². The second kappa shape index (κ2) is 29.7. The number of phosphoric acid groups is 1. The summed E-state index contributed by atoms with van der Waals surface area (Å²) in [7, 11) is -4.73. The van der Waals surface area contributed by atoms with Crippen LogP contribution in [0.2, 0.25) is 0 Å². The van der Waals surface area contributed by atoms with Gasteiger partial charge >= 0.3 is 19.8 Å². The maximum absolute atomic E-state index is 12.3. The van der Waals surface area contributed by atoms with Crippen LogP contribution in [-0.4, -0.2) is 41.0 Å². The number of ether oxygens (including phenoxy) is 2. The minimum Gasteiger partial charge on any atom is -0.462 e. The smallest absolute Gasteiger partial charge is 0.462 e. The molecule has 0 aromatic rings. The van der Waals surface area contributed by atoms with E-state index >= 15 is 0 Å². The molecule has 0 aliphatic rings. The number of carbonyl (C=O) groups is 2. The first-order chi connectivity index (χ1) is 20.7. The number of unbranched alkanes of at least 4 members (excludes halogenated alkanes) is 19. The van der Waals surface area contributed by atoms with E-state index in [-0.39, 0.29) is 19.4 Å². The first kappa shape index (κ1) is 42.0. The van der Waals surface area contributed by atoms with Crippen molar-refractivity contribution >= 4 is 19.8 Å². The lowest BCUT2D eigenvalue weighted by Gasteiger charge is -2.18. The third-order valence-corrected chi connectivity index (χ3v) is 8.65. The first-order valence-corrected chi connectivity index (χ1v) is 19.3. The summed E-state index contributed by atoms with van der Waals surface area (Å²) >= 11 is 0. The van der Waals surface area contributed by atoms with E-state index in [1.165, 1.54) is 109 Å². The van der Waals surface area contributed by atoms with Crippen molar-refractivity contribution in [3.8, 4) is 0 Å². The number of hydrogen-bond acceptors (Lipinski definition) is 6. The molecule has 43 heavy (non-hydrogen) atoms. The Morgan fingerprint density at radius 1 is 0.605 bits per heavy atom. The van der Waals surface area contributed by atoms with Crippen molar-refractivity contribution < 1.29 is 37.9 Å². The second-order valence-corrected chi connectivity index (χ2v) is 13.7. The quantitative estimate of drug-likeness (QED) is 0.0426. The van der Waals surface area contributed by atoms with Gasteiger partial charge in [0.2, 0.25) is 0 Å². The summed E-state index contributed by atoms with van der Waals surface area (Å²) in [5.41, 5.74) is 0. The summed E-state index contributed by atoms with van der Waals surface area (Å²) in [6, 6.07) is 0. The predicted molar refractivity (Wildman–Crippen MR) is 175 cm³/mol. The summed E-state index contributed by atoms with van der Waals surface area (Å²) in [6.07, 6.45) is 27.0. The highest BCUT2D eigenvalue weighted by atomic mass is 31.2. The highest BCUT2D eigenvalue weighted by molar-refractivity contribution is 7.46. The van der Waals surface area contributed by atoms with Gasteiger partial charge < -0.3 is 19.3 Å². The highest BCUT2D eigenvalue weighted by Gasteiger charge is 2.22. The molecule has 256 valence electrons. The monoisotopic (exact) mass is 634 g/mol. The average molecular weight is 635 g/mol. The Bertz CT molecular complexity index is 696. The van der Waals surface area contributed by atoms with Gasteiger partial charge in [-0.25, -0.2) is 4.57 Å². The Balaban J connectivity index is 3.87. The normalized spacial score (nSPS) is 13.1. The van der Waals surface area contributed by atoms with Crippen molar-refractivity contribution in [2.45, 2.75) is 187 Å². The summed E-state index contributed by atoms with van der Waals surface area (Å²) in [5, 5.41) is 0. The van der Waals surface area contributed by atoms with Crippen molar-refractivity contribution in [1.29, 1.82) is 0 Å². The van der Waals surface area contributed by atoms with E-state index in [1.807, 2.05) is 0 Å². The van der Waals surface area contributed by atoms with Crippen LogP contribution in [0.15, 0.2) is 0 Å². The Hall–Kier alpha value is -0.950. The molecule has 0 fully saturated rings. The fraction of sp³-hybridized carbons (Fsp3) is 0.941. The molecular weight excluding hydrogens is 567 g/mol. The molecule has 0 radical (unpaired) electrons. The third-order valence-electron chi connectivity index (χ3n) is 8.17. The molecule has 8 nitrogen and oxygen atoms in total. The van der Waals surface area contributed by atoms with Crippen LogP contribution in [0.25, 0.3) is 0 Å². The second-order valence-electron chi connectivity index (χ2n) is 12.5. The first-order valence-electron chi connectivity index (χ1n) is 17.7. The van der Waals surface area contributed by atoms with Gasteiger partial charge in [0.1, 0.15) is 6.61 Å². The van der Waals surface area contributed by atoms with Gasteiger partial charge in [0.15, 0.2) is 6.10 Å². The van der Waals surface area contributed by atoms with Gasteiger partial charge in [-0.2, -0.15) is 0 Å². The molecule has 0 aliphatic carbocycles. The van der Waals surface area contributed by atoms with Gasteiger partial charge in [-0.05, 0) is 18.8 Å². The van der Waals surface area contributed by atoms with Crippen molar-refractivity contribution in [2.24, 2.45) is 5.92 Å². The number of carbonyl (C=O) groups excluding carboxylic acids is 2. The number of rotatable bonds is 32. The van der Waals surface area contributed by atoms with Crippen LogP contribution < -0.4 is 0 Å². The average Bonchev–Trinajstić information content (AvgIpc) is 2.97. The molecule has 0 aromatic heterocycles. The van der Waals surface area contributed by atoms with E-state index in [0.29, 0.717) is 6.42 Å². The van der Waals surface area contributed by atoms with Crippen LogP contribution in [0.4, 0.5) is 0 Å². The van der Waals surface area contributed by atoms with Crippen LogP contribution in [0.1, 0.15) is 181 Å². The Kier molecular flexibility index (Phi) is 29.1. The molecule has 1 unspecified atom stereocenters. The van der Waals surface area contributed by atoms with E-state index in [9.17, 15) is 14.2 Å². The molecule has 0 rings (SSSR count). The van der Waals surface area contributed by atoms with Gasteiger partial charge in [-0.1, -0.05) is 156 Å². The molecule has 0 amide bonds. The summed E-state index contributed by atoms with van der Waals surface area (Å²) < 4.78 is 26.1. The van der Waals surface area contributed by atoms with Crippen LogP contribution in [0, 0.1) is 5.92 Å². The lowest BCUT2D eigenvalue weighted by Crippen LogP contribution is -2.29. The highest BCUT2D eigenvalue weighted by Crippen LogP contribution is 2.36. The zero-order valence-electron chi connectivity index (χ0n) is 28.0. The minimum absolute atomic E-state index is 0.218. The molecule has 0 heterocycles. The molecule has 0 saturated heterocycles. The zero-order valence-corrected chi connectivity index (χ0v) is 28.9. The van der Waals surface area contributed by atoms with Gasteiger partial charge in [-0.3, -0.25) is 14.1 Å². The van der Waals surface area contributed by atoms with Crippen LogP contribution >= 0.6 is 7.82 Å². The van der Waals surface area contributed by atoms with Crippen molar-refractivity contribution in [3.05, 3.63) is 0 Å². The summed E-state index contributed by atoms with van der Waals surface area (Å²) in [5.74, 6) is -0.000196. The van der Waals surface area contributed by atoms with Gasteiger partial charge in [0.05, 0.1) is 6.61 Å². The third kappa shape index (κ3) is 32.3. The van der Waals surface area contributed by atoms with Crippen LogP contribution in [0.3, 0.4) is 0 Å². The van der Waals surface area contributed by atoms with E-state index in [2.05, 4.69) is 25.3 Å². The number of esters is 2. The molecule has 0 aliphatic heterocycles. The van der Waals surface area contributed by atoms with Crippen LogP contribution in [-0.2, 0) is 28.2 Å². The molecule has 2 N–H and O–H groups in total. The Labute approximate surface area is 264 Å². The topological polar surface area (TPSA) is 119 Å². The van der Waals surface area contributed by atoms with Gasteiger partial charge in [0, 0.05) is 12.8 Å². The van der Waals surface area contributed by atoms with E-state index in [1.54, 1.807) is 0 Å². The van der Waals surface area contributed by atoms with E-state index in [4.69, 9.17) is 19.3 Å². The molecule has 9 heteroatoms. The molecular formula is C34H67O8P. The molecule has 0 aromatic carbocycles. The Morgan fingerprint density at radius 2 is 1.02 bits per heavy atom. The van der Waals surface area contributed by atoms with Crippen molar-refractivity contribution in [2.75, 3.05) is 13.2 Å². The van der Waals surface area contributed by atoms with E-state index < -0.39 is 32.5 Å². The molecule has 0 saturated carbocycles. The molecule has 2 atom stereocenters. The Morgan fingerprint density at radius 3 is 1.47 bits per heavy atom. The van der Waals surface area contributed by atoms with E-state index in [0.717, 1.165) is 38.0 Å². The SMILES string of the molecule is CCCCCCCCCC(=O)OC[C@H](COP(=O)(O)O)OC(=O)CCCCCCCCCCCCCCCCC(C)CC. The minimum atomic E-state index is -4.73. The maximum Gasteiger partial charge on any atom is 0.469 e. The fourth-order valence-corrected chi connectivity index (χ4v) is 5.47. The van der Waals surface area contributed by atoms with Gasteiger partial charge in [0.25, 0.3) is 0 Å². The lowest BCUT2D eigenvalue weighted by atomic mass is 9.99. The lowest BCUT2D eigenvalue weighted by molar-refractivity contribution is -0.161. The maximum atomic E-state index is 12.3. The summed E-state index contributed by atoms with van der Waals surface area (Å²) in [6.45, 7) is 6.00. The molecule has 0 spiro atoms. The standard InChI is InChI=1S/C34H67O8P/c1-4-6-7-8-17-21-24-27-33(35)40-29-32(30-41-43(37,38)39)42-34(36)28-25-22-19-16-14-12-10-9-11-13-15-18-20-23-26-31(3)5-2/h31-32H,4-30H2,1-3H3,(H2,37,38,39)/t31?,32-/m1/s1. The van der Waals surface area contributed by atoms with Crippen molar-refractivity contribution in [3.63, 3.8) is 0 Å². The summed E-state index contributed by atoms with van der Waals surface area (Å²) in [4.78, 5) is 42.4. The largest absolute Gasteiger partial charge is 0.469 e.